The summed E-state index contributed by atoms with van der Waals surface area (Å²) < 4.78 is 0. The van der Waals surface area contributed by atoms with Crippen molar-refractivity contribution in [1.29, 1.82) is 5.41 Å². The average Bonchev–Trinajstić information content (AvgIpc) is 2.57. The van der Waals surface area contributed by atoms with Gasteiger partial charge in [-0.2, -0.15) is 0 Å². The van der Waals surface area contributed by atoms with Gasteiger partial charge in [-0.15, -0.1) is 0 Å². The van der Waals surface area contributed by atoms with Crippen molar-refractivity contribution >= 4 is 17.1 Å². The van der Waals surface area contributed by atoms with Gasteiger partial charge in [0.1, 0.15) is 0 Å². The predicted molar refractivity (Wildman–Crippen MR) is 88.5 cm³/mol. The van der Waals surface area contributed by atoms with Crippen LogP contribution in [0, 0.1) is 5.41 Å². The molecule has 0 amide bonds. The van der Waals surface area contributed by atoms with E-state index in [-0.39, 0.29) is 0 Å². The number of anilines is 2. The fourth-order valence-corrected chi connectivity index (χ4v) is 2.18. The molecule has 2 nitrogen and oxygen atoms in total. The van der Waals surface area contributed by atoms with Crippen LogP contribution >= 0.6 is 0 Å². The summed E-state index contributed by atoms with van der Waals surface area (Å²) in [6.07, 6.45) is 0. The first-order valence-electron chi connectivity index (χ1n) is 6.89. The second-order valence-corrected chi connectivity index (χ2v) is 4.81. The molecule has 3 rings (SSSR count). The van der Waals surface area contributed by atoms with Crippen molar-refractivity contribution in [2.24, 2.45) is 0 Å². The summed E-state index contributed by atoms with van der Waals surface area (Å²) in [5, 5.41) is 11.6. The Morgan fingerprint density at radius 3 is 1.67 bits per heavy atom. The Morgan fingerprint density at radius 2 is 1.05 bits per heavy atom. The van der Waals surface area contributed by atoms with Crippen LogP contribution in [-0.4, -0.2) is 5.71 Å². The molecule has 0 aliphatic carbocycles. The molecule has 102 valence electrons. The first-order valence-corrected chi connectivity index (χ1v) is 6.89. The monoisotopic (exact) mass is 272 g/mol. The molecular weight excluding hydrogens is 256 g/mol. The Bertz CT molecular complexity index is 717. The SMILES string of the molecule is N=C(c1ccccc1)c1ccc(Nc2ccccc2)cc1. The minimum atomic E-state index is 0.543. The topological polar surface area (TPSA) is 35.9 Å². The third-order valence-corrected chi connectivity index (χ3v) is 3.30. The Morgan fingerprint density at radius 1 is 0.571 bits per heavy atom. The molecular formula is C19H16N2. The molecule has 0 aliphatic heterocycles. The summed E-state index contributed by atoms with van der Waals surface area (Å²) in [4.78, 5) is 0. The standard InChI is InChI=1S/C19H16N2/c20-19(15-7-3-1-4-8-15)16-11-13-18(14-12-16)21-17-9-5-2-6-10-17/h1-14,20-21H. The minimum Gasteiger partial charge on any atom is -0.356 e. The molecule has 3 aromatic carbocycles. The molecule has 0 radical (unpaired) electrons. The molecule has 2 N–H and O–H groups in total. The van der Waals surface area contributed by atoms with Crippen LogP contribution in [0.1, 0.15) is 11.1 Å². The first-order chi connectivity index (χ1) is 10.3. The first kappa shape index (κ1) is 13.1. The molecule has 0 spiro atoms. The van der Waals surface area contributed by atoms with Gasteiger partial charge in [0.15, 0.2) is 0 Å². The maximum absolute atomic E-state index is 8.24. The summed E-state index contributed by atoms with van der Waals surface area (Å²) in [5.41, 5.74) is 4.47. The zero-order chi connectivity index (χ0) is 14.5. The van der Waals surface area contributed by atoms with Crippen LogP contribution in [0.2, 0.25) is 0 Å². The number of hydrogen-bond acceptors (Lipinski definition) is 2. The van der Waals surface area contributed by atoms with Crippen LogP contribution in [0.5, 0.6) is 0 Å². The van der Waals surface area contributed by atoms with Crippen molar-refractivity contribution in [3.05, 3.63) is 96.1 Å². The molecule has 0 aliphatic rings. The minimum absolute atomic E-state index is 0.543. The molecule has 3 aromatic rings. The number of hydrogen-bond donors (Lipinski definition) is 2. The van der Waals surface area contributed by atoms with E-state index in [1.807, 2.05) is 84.9 Å². The van der Waals surface area contributed by atoms with E-state index >= 15 is 0 Å². The van der Waals surface area contributed by atoms with Crippen LogP contribution in [-0.2, 0) is 0 Å². The fraction of sp³-hybridized carbons (Fsp3) is 0. The summed E-state index contributed by atoms with van der Waals surface area (Å²) in [7, 11) is 0. The summed E-state index contributed by atoms with van der Waals surface area (Å²) >= 11 is 0. The van der Waals surface area contributed by atoms with Gasteiger partial charge in [0.05, 0.1) is 5.71 Å². The molecule has 0 heterocycles. The van der Waals surface area contributed by atoms with E-state index in [2.05, 4.69) is 5.32 Å². The molecule has 0 atom stereocenters. The predicted octanol–water partition coefficient (Wildman–Crippen LogP) is 4.85. The van der Waals surface area contributed by atoms with Crippen LogP contribution in [0.3, 0.4) is 0 Å². The number of benzene rings is 3. The smallest absolute Gasteiger partial charge is 0.0684 e. The third-order valence-electron chi connectivity index (χ3n) is 3.30. The highest BCUT2D eigenvalue weighted by atomic mass is 14.9. The van der Waals surface area contributed by atoms with Crippen molar-refractivity contribution in [3.8, 4) is 0 Å². The maximum atomic E-state index is 8.24. The van der Waals surface area contributed by atoms with Crippen molar-refractivity contribution in [1.82, 2.24) is 0 Å². The van der Waals surface area contributed by atoms with Gasteiger partial charge in [-0.05, 0) is 29.8 Å². The summed E-state index contributed by atoms with van der Waals surface area (Å²) in [5.74, 6) is 0. The van der Waals surface area contributed by atoms with Crippen molar-refractivity contribution in [3.63, 3.8) is 0 Å². The van der Waals surface area contributed by atoms with Crippen LogP contribution in [0.4, 0.5) is 11.4 Å². The Balaban J connectivity index is 1.77. The molecule has 0 fully saturated rings. The molecule has 0 bridgehead atoms. The second kappa shape index (κ2) is 6.06. The quantitative estimate of drug-likeness (QED) is 0.654. The van der Waals surface area contributed by atoms with E-state index < -0.39 is 0 Å². The summed E-state index contributed by atoms with van der Waals surface area (Å²) in [6.45, 7) is 0. The molecule has 0 unspecified atom stereocenters. The van der Waals surface area contributed by atoms with Gasteiger partial charge < -0.3 is 5.32 Å². The van der Waals surface area contributed by atoms with Crippen LogP contribution in [0.15, 0.2) is 84.9 Å². The van der Waals surface area contributed by atoms with Crippen LogP contribution < -0.4 is 5.32 Å². The lowest BCUT2D eigenvalue weighted by molar-refractivity contribution is 1.45. The molecule has 0 saturated heterocycles. The van der Waals surface area contributed by atoms with E-state index in [1.54, 1.807) is 0 Å². The van der Waals surface area contributed by atoms with E-state index in [0.29, 0.717) is 5.71 Å². The fourth-order valence-electron chi connectivity index (χ4n) is 2.18. The molecule has 0 aromatic heterocycles. The van der Waals surface area contributed by atoms with Crippen molar-refractivity contribution < 1.29 is 0 Å². The van der Waals surface area contributed by atoms with Crippen LogP contribution in [0.25, 0.3) is 0 Å². The van der Waals surface area contributed by atoms with Gasteiger partial charge in [-0.3, -0.25) is 5.41 Å². The Labute approximate surface area is 124 Å². The molecule has 21 heavy (non-hydrogen) atoms. The van der Waals surface area contributed by atoms with E-state index in [9.17, 15) is 0 Å². The van der Waals surface area contributed by atoms with Crippen molar-refractivity contribution in [2.75, 3.05) is 5.32 Å². The lowest BCUT2D eigenvalue weighted by atomic mass is 10.0. The van der Waals surface area contributed by atoms with Gasteiger partial charge in [0.2, 0.25) is 0 Å². The lowest BCUT2D eigenvalue weighted by Gasteiger charge is -2.08. The number of nitrogens with one attached hydrogen (secondary N) is 2. The Kier molecular flexibility index (Phi) is 3.79. The lowest BCUT2D eigenvalue weighted by Crippen LogP contribution is -2.01. The van der Waals surface area contributed by atoms with Gasteiger partial charge in [0.25, 0.3) is 0 Å². The highest BCUT2D eigenvalue weighted by Crippen LogP contribution is 2.18. The van der Waals surface area contributed by atoms with E-state index in [1.165, 1.54) is 0 Å². The zero-order valence-corrected chi connectivity index (χ0v) is 11.6. The summed E-state index contributed by atoms with van der Waals surface area (Å²) in [6, 6.07) is 27.8. The number of rotatable bonds is 4. The van der Waals surface area contributed by atoms with Gasteiger partial charge in [-0.1, -0.05) is 60.7 Å². The highest BCUT2D eigenvalue weighted by molar-refractivity contribution is 6.10. The third kappa shape index (κ3) is 3.18. The normalized spacial score (nSPS) is 10.1. The van der Waals surface area contributed by atoms with Gasteiger partial charge in [-0.25, -0.2) is 0 Å². The molecule has 0 saturated carbocycles. The Hall–Kier alpha value is -2.87. The largest absolute Gasteiger partial charge is 0.356 e. The van der Waals surface area contributed by atoms with Gasteiger partial charge in [0, 0.05) is 16.9 Å². The second-order valence-electron chi connectivity index (χ2n) is 4.81. The number of para-hydroxylation sites is 1. The van der Waals surface area contributed by atoms with Gasteiger partial charge >= 0.3 is 0 Å². The van der Waals surface area contributed by atoms with E-state index in [4.69, 9.17) is 5.41 Å². The highest BCUT2D eigenvalue weighted by Gasteiger charge is 2.04. The average molecular weight is 272 g/mol. The molecule has 2 heteroatoms. The van der Waals surface area contributed by atoms with E-state index in [0.717, 1.165) is 22.5 Å². The zero-order valence-electron chi connectivity index (χ0n) is 11.6. The maximum Gasteiger partial charge on any atom is 0.0684 e. The van der Waals surface area contributed by atoms with Crippen molar-refractivity contribution in [2.45, 2.75) is 0 Å².